The van der Waals surface area contributed by atoms with E-state index in [9.17, 15) is 10.2 Å². The fraction of sp³-hybridized carbons (Fsp3) is 0.200. The SMILES string of the molecule is CCOc1ccccc1NCc1cccc(O)c1O. The molecule has 0 saturated heterocycles. The van der Waals surface area contributed by atoms with Crippen LogP contribution < -0.4 is 10.1 Å². The van der Waals surface area contributed by atoms with E-state index in [1.807, 2.05) is 31.2 Å². The average Bonchev–Trinajstić information content (AvgIpc) is 2.42. The van der Waals surface area contributed by atoms with Crippen molar-refractivity contribution in [2.45, 2.75) is 13.5 Å². The summed E-state index contributed by atoms with van der Waals surface area (Å²) in [6.45, 7) is 2.93. The second-order valence-electron chi connectivity index (χ2n) is 4.07. The molecule has 2 rings (SSSR count). The van der Waals surface area contributed by atoms with Gasteiger partial charge in [0, 0.05) is 12.1 Å². The molecule has 0 saturated carbocycles. The Morgan fingerprint density at radius 1 is 1.05 bits per heavy atom. The van der Waals surface area contributed by atoms with Gasteiger partial charge in [-0.05, 0) is 25.1 Å². The number of aromatic hydroxyl groups is 2. The van der Waals surface area contributed by atoms with Crippen molar-refractivity contribution >= 4 is 5.69 Å². The quantitative estimate of drug-likeness (QED) is 0.722. The first kappa shape index (κ1) is 13.1. The van der Waals surface area contributed by atoms with Crippen LogP contribution in [0.25, 0.3) is 0 Å². The Morgan fingerprint density at radius 3 is 2.63 bits per heavy atom. The molecule has 19 heavy (non-hydrogen) atoms. The third-order valence-electron chi connectivity index (χ3n) is 2.75. The highest BCUT2D eigenvalue weighted by atomic mass is 16.5. The van der Waals surface area contributed by atoms with Crippen molar-refractivity contribution in [3.8, 4) is 17.2 Å². The van der Waals surface area contributed by atoms with Crippen molar-refractivity contribution in [1.82, 2.24) is 0 Å². The lowest BCUT2D eigenvalue weighted by Gasteiger charge is -2.13. The molecule has 0 radical (unpaired) electrons. The normalized spacial score (nSPS) is 10.2. The molecule has 2 aromatic rings. The Hall–Kier alpha value is -2.36. The zero-order valence-corrected chi connectivity index (χ0v) is 10.8. The summed E-state index contributed by atoms with van der Waals surface area (Å²) in [6.07, 6.45) is 0. The lowest BCUT2D eigenvalue weighted by Crippen LogP contribution is -2.02. The highest BCUT2D eigenvalue weighted by molar-refractivity contribution is 5.57. The number of para-hydroxylation sites is 3. The number of phenolic OH excluding ortho intramolecular Hbond substituents is 2. The molecular formula is C15H17NO3. The standard InChI is InChI=1S/C15H17NO3/c1-2-19-14-9-4-3-7-12(14)16-10-11-6-5-8-13(17)15(11)18/h3-9,16-18H,2,10H2,1H3. The fourth-order valence-corrected chi connectivity index (χ4v) is 1.80. The number of ether oxygens (including phenoxy) is 1. The summed E-state index contributed by atoms with van der Waals surface area (Å²) >= 11 is 0. The molecule has 0 aliphatic carbocycles. The number of hydrogen-bond donors (Lipinski definition) is 3. The smallest absolute Gasteiger partial charge is 0.162 e. The summed E-state index contributed by atoms with van der Waals surface area (Å²) in [6, 6.07) is 12.5. The molecule has 4 heteroatoms. The zero-order valence-electron chi connectivity index (χ0n) is 10.8. The fourth-order valence-electron chi connectivity index (χ4n) is 1.80. The average molecular weight is 259 g/mol. The lowest BCUT2D eigenvalue weighted by molar-refractivity contribution is 0.341. The Labute approximate surface area is 112 Å². The van der Waals surface area contributed by atoms with Crippen molar-refractivity contribution in [3.63, 3.8) is 0 Å². The van der Waals surface area contributed by atoms with Crippen LogP contribution in [0.3, 0.4) is 0 Å². The predicted molar refractivity (Wildman–Crippen MR) is 74.7 cm³/mol. The van der Waals surface area contributed by atoms with Crippen molar-refractivity contribution < 1.29 is 14.9 Å². The van der Waals surface area contributed by atoms with Gasteiger partial charge in [0.15, 0.2) is 11.5 Å². The number of phenols is 2. The summed E-state index contributed by atoms with van der Waals surface area (Å²) in [7, 11) is 0. The van der Waals surface area contributed by atoms with Crippen LogP contribution in [-0.2, 0) is 6.54 Å². The maximum atomic E-state index is 9.73. The van der Waals surface area contributed by atoms with Gasteiger partial charge in [-0.25, -0.2) is 0 Å². The maximum Gasteiger partial charge on any atom is 0.162 e. The minimum Gasteiger partial charge on any atom is -0.504 e. The predicted octanol–water partition coefficient (Wildman–Crippen LogP) is 3.11. The topological polar surface area (TPSA) is 61.7 Å². The first-order valence-corrected chi connectivity index (χ1v) is 6.18. The Kier molecular flexibility index (Phi) is 4.13. The van der Waals surface area contributed by atoms with Crippen LogP contribution >= 0.6 is 0 Å². The number of anilines is 1. The Morgan fingerprint density at radius 2 is 1.84 bits per heavy atom. The van der Waals surface area contributed by atoms with Gasteiger partial charge in [0.05, 0.1) is 12.3 Å². The molecule has 0 amide bonds. The third-order valence-corrected chi connectivity index (χ3v) is 2.75. The van der Waals surface area contributed by atoms with Crippen LogP contribution in [0.1, 0.15) is 12.5 Å². The molecule has 2 aromatic carbocycles. The van der Waals surface area contributed by atoms with E-state index in [1.165, 1.54) is 6.07 Å². The van der Waals surface area contributed by atoms with Gasteiger partial charge in [-0.1, -0.05) is 24.3 Å². The van der Waals surface area contributed by atoms with E-state index in [0.717, 1.165) is 11.4 Å². The Balaban J connectivity index is 2.12. The zero-order chi connectivity index (χ0) is 13.7. The molecule has 100 valence electrons. The molecule has 4 nitrogen and oxygen atoms in total. The second-order valence-corrected chi connectivity index (χ2v) is 4.07. The van der Waals surface area contributed by atoms with Gasteiger partial charge in [0.2, 0.25) is 0 Å². The van der Waals surface area contributed by atoms with Crippen LogP contribution in [0.4, 0.5) is 5.69 Å². The van der Waals surface area contributed by atoms with E-state index in [2.05, 4.69) is 5.32 Å². The van der Waals surface area contributed by atoms with Crippen LogP contribution in [0.15, 0.2) is 42.5 Å². The van der Waals surface area contributed by atoms with Crippen LogP contribution in [0.2, 0.25) is 0 Å². The van der Waals surface area contributed by atoms with Crippen LogP contribution in [0, 0.1) is 0 Å². The molecule has 0 spiro atoms. The molecule has 0 aliphatic rings. The summed E-state index contributed by atoms with van der Waals surface area (Å²) in [5, 5.41) is 22.3. The van der Waals surface area contributed by atoms with Gasteiger partial charge in [-0.3, -0.25) is 0 Å². The summed E-state index contributed by atoms with van der Waals surface area (Å²) in [4.78, 5) is 0. The third kappa shape index (κ3) is 3.10. The number of hydrogen-bond acceptors (Lipinski definition) is 4. The summed E-state index contributed by atoms with van der Waals surface area (Å²) in [5.41, 5.74) is 1.48. The number of benzene rings is 2. The van der Waals surface area contributed by atoms with Crippen molar-refractivity contribution in [3.05, 3.63) is 48.0 Å². The molecule has 0 aromatic heterocycles. The molecule has 0 aliphatic heterocycles. The van der Waals surface area contributed by atoms with Crippen molar-refractivity contribution in [2.24, 2.45) is 0 Å². The van der Waals surface area contributed by atoms with Crippen LogP contribution in [0.5, 0.6) is 17.2 Å². The van der Waals surface area contributed by atoms with Crippen molar-refractivity contribution in [2.75, 3.05) is 11.9 Å². The molecule has 0 fully saturated rings. The molecule has 0 atom stereocenters. The second kappa shape index (κ2) is 6.00. The monoisotopic (exact) mass is 259 g/mol. The minimum absolute atomic E-state index is 0.0936. The van der Waals surface area contributed by atoms with Gasteiger partial charge in [0.1, 0.15) is 5.75 Å². The molecule has 0 unspecified atom stereocenters. The van der Waals surface area contributed by atoms with Gasteiger partial charge in [-0.15, -0.1) is 0 Å². The van der Waals surface area contributed by atoms with Gasteiger partial charge >= 0.3 is 0 Å². The summed E-state index contributed by atoms with van der Waals surface area (Å²) in [5.74, 6) is 0.561. The maximum absolute atomic E-state index is 9.73. The van der Waals surface area contributed by atoms with Gasteiger partial charge in [0.25, 0.3) is 0 Å². The molecule has 0 bridgehead atoms. The highest BCUT2D eigenvalue weighted by Crippen LogP contribution is 2.30. The van der Waals surface area contributed by atoms with E-state index < -0.39 is 0 Å². The Bertz CT molecular complexity index is 555. The van der Waals surface area contributed by atoms with Gasteiger partial charge in [-0.2, -0.15) is 0 Å². The van der Waals surface area contributed by atoms with E-state index in [0.29, 0.717) is 18.7 Å². The first-order valence-electron chi connectivity index (χ1n) is 6.18. The molecular weight excluding hydrogens is 242 g/mol. The van der Waals surface area contributed by atoms with E-state index in [-0.39, 0.29) is 11.5 Å². The van der Waals surface area contributed by atoms with E-state index in [4.69, 9.17) is 4.74 Å². The van der Waals surface area contributed by atoms with E-state index in [1.54, 1.807) is 12.1 Å². The largest absolute Gasteiger partial charge is 0.504 e. The number of rotatable bonds is 5. The summed E-state index contributed by atoms with van der Waals surface area (Å²) < 4.78 is 5.50. The lowest BCUT2D eigenvalue weighted by atomic mass is 10.2. The highest BCUT2D eigenvalue weighted by Gasteiger charge is 2.07. The van der Waals surface area contributed by atoms with E-state index >= 15 is 0 Å². The van der Waals surface area contributed by atoms with Crippen molar-refractivity contribution in [1.29, 1.82) is 0 Å². The molecule has 3 N–H and O–H groups in total. The van der Waals surface area contributed by atoms with Gasteiger partial charge < -0.3 is 20.3 Å². The number of nitrogens with one attached hydrogen (secondary N) is 1. The minimum atomic E-state index is -0.114. The van der Waals surface area contributed by atoms with Crippen LogP contribution in [-0.4, -0.2) is 16.8 Å². The molecule has 0 heterocycles. The first-order chi connectivity index (χ1) is 9.22.